The second kappa shape index (κ2) is 7.18. The van der Waals surface area contributed by atoms with Crippen LogP contribution in [0.15, 0.2) is 24.3 Å². The highest BCUT2D eigenvalue weighted by atomic mass is 32.1. The molecule has 1 N–H and O–H groups in total. The van der Waals surface area contributed by atoms with Crippen molar-refractivity contribution in [3.8, 4) is 10.4 Å². The number of ether oxygens (including phenoxy) is 1. The average Bonchev–Trinajstić information content (AvgIpc) is 2.93. The van der Waals surface area contributed by atoms with E-state index in [0.29, 0.717) is 23.6 Å². The van der Waals surface area contributed by atoms with Gasteiger partial charge in [0.05, 0.1) is 12.2 Å². The first-order valence-corrected chi connectivity index (χ1v) is 9.18. The number of thiophene rings is 1. The summed E-state index contributed by atoms with van der Waals surface area (Å²) in [6.45, 7) is 4.07. The Bertz CT molecular complexity index is 779. The van der Waals surface area contributed by atoms with E-state index in [-0.39, 0.29) is 11.9 Å². The summed E-state index contributed by atoms with van der Waals surface area (Å²) in [4.78, 5) is 25.6. The highest BCUT2D eigenvalue weighted by Gasteiger charge is 2.29. The van der Waals surface area contributed by atoms with Crippen LogP contribution in [0.3, 0.4) is 0 Å². The lowest BCUT2D eigenvalue weighted by Gasteiger charge is -2.16. The average molecular weight is 343 g/mol. The van der Waals surface area contributed by atoms with Crippen molar-refractivity contribution >= 4 is 28.2 Å². The van der Waals surface area contributed by atoms with E-state index in [9.17, 15) is 9.59 Å². The molecule has 4 nitrogen and oxygen atoms in total. The third-order valence-electron chi connectivity index (χ3n) is 4.12. The summed E-state index contributed by atoms with van der Waals surface area (Å²) in [5.74, 6) is -0.406. The van der Waals surface area contributed by atoms with Gasteiger partial charge in [0.25, 0.3) is 0 Å². The number of hydrogen-bond donors (Lipinski definition) is 1. The molecule has 0 aliphatic heterocycles. The van der Waals surface area contributed by atoms with Gasteiger partial charge in [0.15, 0.2) is 0 Å². The first-order valence-electron chi connectivity index (χ1n) is 8.36. The van der Waals surface area contributed by atoms with Gasteiger partial charge in [-0.05, 0) is 42.9 Å². The highest BCUT2D eigenvalue weighted by molar-refractivity contribution is 7.20. The lowest BCUT2D eigenvalue weighted by Crippen LogP contribution is -2.15. The zero-order valence-corrected chi connectivity index (χ0v) is 14.8. The molecule has 0 bridgehead atoms. The largest absolute Gasteiger partial charge is 0.462 e. The van der Waals surface area contributed by atoms with Crippen LogP contribution in [0.4, 0.5) is 5.00 Å². The number of benzene rings is 1. The Hall–Kier alpha value is -2.14. The smallest absolute Gasteiger partial charge is 0.341 e. The van der Waals surface area contributed by atoms with Crippen molar-refractivity contribution < 1.29 is 14.3 Å². The van der Waals surface area contributed by atoms with E-state index in [0.717, 1.165) is 35.3 Å². The molecule has 0 unspecified atom stereocenters. The van der Waals surface area contributed by atoms with E-state index < -0.39 is 0 Å². The maximum absolute atomic E-state index is 12.5. The minimum absolute atomic E-state index is 0.0602. The standard InChI is InChI=1S/C19H21NO3S/c1-3-7-15(21)20-18-16(19(22)23-4-2)14-11-10-12-8-5-6-9-13(12)17(14)24-18/h5-6,8-9H,3-4,7,10-11H2,1-2H3,(H,20,21). The fourth-order valence-electron chi connectivity index (χ4n) is 3.06. The number of carbonyl (C=O) groups is 2. The Morgan fingerprint density at radius 3 is 2.75 bits per heavy atom. The predicted octanol–water partition coefficient (Wildman–Crippen LogP) is 4.43. The van der Waals surface area contributed by atoms with Gasteiger partial charge in [-0.15, -0.1) is 11.3 Å². The van der Waals surface area contributed by atoms with Crippen LogP contribution in [0, 0.1) is 0 Å². The van der Waals surface area contributed by atoms with Gasteiger partial charge in [0, 0.05) is 11.3 Å². The normalized spacial score (nSPS) is 12.2. The molecule has 126 valence electrons. The Labute approximate surface area is 145 Å². The summed E-state index contributed by atoms with van der Waals surface area (Å²) >= 11 is 1.48. The summed E-state index contributed by atoms with van der Waals surface area (Å²) in [6.07, 6.45) is 2.91. The lowest BCUT2D eigenvalue weighted by molar-refractivity contribution is -0.116. The summed E-state index contributed by atoms with van der Waals surface area (Å²) in [5.41, 5.74) is 3.98. The van der Waals surface area contributed by atoms with Gasteiger partial charge >= 0.3 is 5.97 Å². The molecule has 1 heterocycles. The number of amides is 1. The number of esters is 1. The van der Waals surface area contributed by atoms with Crippen LogP contribution < -0.4 is 5.32 Å². The van der Waals surface area contributed by atoms with Crippen molar-refractivity contribution in [2.24, 2.45) is 0 Å². The molecule has 1 aliphatic carbocycles. The molecular formula is C19H21NO3S. The van der Waals surface area contributed by atoms with Gasteiger partial charge < -0.3 is 10.1 Å². The van der Waals surface area contributed by atoms with Crippen molar-refractivity contribution in [2.75, 3.05) is 11.9 Å². The first-order chi connectivity index (χ1) is 11.7. The van der Waals surface area contributed by atoms with Gasteiger partial charge in [-0.2, -0.15) is 0 Å². The third-order valence-corrected chi connectivity index (χ3v) is 5.30. The molecule has 0 atom stereocenters. The molecule has 0 radical (unpaired) electrons. The Kier molecular flexibility index (Phi) is 5.00. The number of rotatable bonds is 5. The van der Waals surface area contributed by atoms with E-state index >= 15 is 0 Å². The molecule has 2 aromatic rings. The van der Waals surface area contributed by atoms with Crippen LogP contribution >= 0.6 is 11.3 Å². The Morgan fingerprint density at radius 2 is 2.00 bits per heavy atom. The number of aryl methyl sites for hydroxylation is 1. The summed E-state index contributed by atoms with van der Waals surface area (Å²) < 4.78 is 5.24. The van der Waals surface area contributed by atoms with Crippen molar-refractivity contribution in [2.45, 2.75) is 39.5 Å². The van der Waals surface area contributed by atoms with Crippen LogP contribution in [-0.2, 0) is 22.4 Å². The van der Waals surface area contributed by atoms with Crippen molar-refractivity contribution in [3.05, 3.63) is 41.0 Å². The molecule has 3 rings (SSSR count). The van der Waals surface area contributed by atoms with Gasteiger partial charge in [-0.3, -0.25) is 4.79 Å². The summed E-state index contributed by atoms with van der Waals surface area (Å²) in [6, 6.07) is 8.24. The Balaban J connectivity index is 2.08. The maximum atomic E-state index is 12.5. The summed E-state index contributed by atoms with van der Waals surface area (Å²) in [5, 5.41) is 3.54. The fraction of sp³-hybridized carbons (Fsp3) is 0.368. The number of hydrogen-bond acceptors (Lipinski definition) is 4. The molecule has 0 saturated heterocycles. The lowest BCUT2D eigenvalue weighted by atomic mass is 9.89. The van der Waals surface area contributed by atoms with Crippen LogP contribution in [0.2, 0.25) is 0 Å². The van der Waals surface area contributed by atoms with E-state index in [1.807, 2.05) is 19.1 Å². The molecule has 0 saturated carbocycles. The van der Waals surface area contributed by atoms with Crippen LogP contribution in [0.1, 0.15) is 48.2 Å². The monoisotopic (exact) mass is 343 g/mol. The molecule has 1 aliphatic rings. The van der Waals surface area contributed by atoms with Crippen LogP contribution in [-0.4, -0.2) is 18.5 Å². The highest BCUT2D eigenvalue weighted by Crippen LogP contribution is 2.45. The second-order valence-electron chi connectivity index (χ2n) is 5.79. The number of anilines is 1. The molecule has 24 heavy (non-hydrogen) atoms. The second-order valence-corrected chi connectivity index (χ2v) is 6.81. The van der Waals surface area contributed by atoms with Gasteiger partial charge in [-0.25, -0.2) is 4.79 Å². The van der Waals surface area contributed by atoms with E-state index in [2.05, 4.69) is 17.4 Å². The molecule has 1 amide bonds. The third kappa shape index (κ3) is 3.08. The summed E-state index contributed by atoms with van der Waals surface area (Å²) in [7, 11) is 0. The molecule has 0 fully saturated rings. The number of carbonyl (C=O) groups excluding carboxylic acids is 2. The molecule has 1 aromatic heterocycles. The predicted molar refractivity (Wildman–Crippen MR) is 96.7 cm³/mol. The molecular weight excluding hydrogens is 322 g/mol. The van der Waals surface area contributed by atoms with Crippen LogP contribution in [0.25, 0.3) is 10.4 Å². The first kappa shape index (κ1) is 16.7. The Morgan fingerprint density at radius 1 is 1.21 bits per heavy atom. The van der Waals surface area contributed by atoms with Gasteiger partial charge in [-0.1, -0.05) is 31.2 Å². The van der Waals surface area contributed by atoms with Crippen molar-refractivity contribution in [1.29, 1.82) is 0 Å². The van der Waals surface area contributed by atoms with Crippen molar-refractivity contribution in [3.63, 3.8) is 0 Å². The number of nitrogens with one attached hydrogen (secondary N) is 1. The number of fused-ring (bicyclic) bond motifs is 3. The van der Waals surface area contributed by atoms with E-state index in [4.69, 9.17) is 4.74 Å². The SMILES string of the molecule is CCCC(=O)Nc1sc2c(c1C(=O)OCC)CCc1ccccc1-2. The topological polar surface area (TPSA) is 55.4 Å². The quantitative estimate of drug-likeness (QED) is 0.817. The maximum Gasteiger partial charge on any atom is 0.341 e. The van der Waals surface area contributed by atoms with Crippen LogP contribution in [0.5, 0.6) is 0 Å². The van der Waals surface area contributed by atoms with E-state index in [1.54, 1.807) is 6.92 Å². The minimum atomic E-state index is -0.346. The molecule has 1 aromatic carbocycles. The zero-order valence-electron chi connectivity index (χ0n) is 14.0. The fourth-order valence-corrected chi connectivity index (χ4v) is 4.38. The molecule has 5 heteroatoms. The molecule has 0 spiro atoms. The zero-order chi connectivity index (χ0) is 17.1. The minimum Gasteiger partial charge on any atom is -0.462 e. The van der Waals surface area contributed by atoms with E-state index in [1.165, 1.54) is 16.9 Å². The van der Waals surface area contributed by atoms with Gasteiger partial charge in [0.2, 0.25) is 5.91 Å². The van der Waals surface area contributed by atoms with Gasteiger partial charge in [0.1, 0.15) is 5.00 Å². The van der Waals surface area contributed by atoms with Crippen molar-refractivity contribution in [1.82, 2.24) is 0 Å².